The Morgan fingerprint density at radius 2 is 0.605 bits per heavy atom. The average molecular weight is 1120 g/mol. The van der Waals surface area contributed by atoms with Crippen molar-refractivity contribution in [1.29, 1.82) is 0 Å². The van der Waals surface area contributed by atoms with Crippen molar-refractivity contribution in [2.75, 3.05) is 19.0 Å². The highest BCUT2D eigenvalue weighted by Gasteiger charge is 2.58. The largest absolute Gasteiger partial charge is 0.459 e. The highest BCUT2D eigenvalue weighted by molar-refractivity contribution is 7.99. The van der Waals surface area contributed by atoms with Gasteiger partial charge in [-0.1, -0.05) is 134 Å². The summed E-state index contributed by atoms with van der Waals surface area (Å²) in [5, 5.41) is 0. The minimum absolute atomic E-state index is 0.0230. The lowest BCUT2D eigenvalue weighted by atomic mass is 9.96. The van der Waals surface area contributed by atoms with E-state index in [0.29, 0.717) is 5.75 Å². The molecule has 2 heterocycles. The zero-order valence-electron chi connectivity index (χ0n) is 43.5. The third kappa shape index (κ3) is 14.7. The molecule has 0 unspecified atom stereocenters. The van der Waals surface area contributed by atoms with Crippen LogP contribution in [0.3, 0.4) is 0 Å². The summed E-state index contributed by atoms with van der Waals surface area (Å²) in [6, 6.07) is 55.5. The molecule has 0 saturated carbocycles. The first-order valence-electron chi connectivity index (χ1n) is 25.9. The van der Waals surface area contributed by atoms with Gasteiger partial charge in [-0.2, -0.15) is 0 Å². The molecule has 2 saturated heterocycles. The van der Waals surface area contributed by atoms with Crippen LogP contribution in [0.5, 0.6) is 0 Å². The molecule has 2 aliphatic heterocycles. The summed E-state index contributed by atoms with van der Waals surface area (Å²) >= 11 is 1.19. The van der Waals surface area contributed by atoms with E-state index in [1.165, 1.54) is 84.6 Å². The summed E-state index contributed by atoms with van der Waals surface area (Å²) in [7, 11) is 0. The van der Waals surface area contributed by atoms with Gasteiger partial charge in [0.15, 0.2) is 36.8 Å². The normalized spacial score (nSPS) is 22.1. The Labute approximate surface area is 470 Å². The molecule has 81 heavy (non-hydrogen) atoms. The molecule has 7 aromatic carbocycles. The minimum atomic E-state index is -2.00. The molecule has 0 aliphatic carbocycles. The summed E-state index contributed by atoms with van der Waals surface area (Å²) in [6.07, 6.45) is -15.6. The Morgan fingerprint density at radius 3 is 0.938 bits per heavy atom. The number of thioether (sulfide) groups is 1. The fourth-order valence-electron chi connectivity index (χ4n) is 8.87. The van der Waals surface area contributed by atoms with Crippen molar-refractivity contribution in [2.24, 2.45) is 0 Å². The van der Waals surface area contributed by atoms with E-state index in [-0.39, 0.29) is 38.9 Å². The summed E-state index contributed by atoms with van der Waals surface area (Å²) in [5.41, 5.74) is -0.467. The lowest BCUT2D eigenvalue weighted by molar-refractivity contribution is -0.335. The van der Waals surface area contributed by atoms with Crippen molar-refractivity contribution in [1.82, 2.24) is 0 Å². The van der Waals surface area contributed by atoms with Gasteiger partial charge in [-0.25, -0.2) is 33.6 Å². The van der Waals surface area contributed by atoms with Crippen molar-refractivity contribution in [3.05, 3.63) is 251 Å². The van der Waals surface area contributed by atoms with Crippen LogP contribution in [0.1, 0.15) is 79.4 Å². The van der Waals surface area contributed by atoms with Crippen LogP contribution >= 0.6 is 11.8 Å². The predicted molar refractivity (Wildman–Crippen MR) is 292 cm³/mol. The molecule has 414 valence electrons. The lowest BCUT2D eigenvalue weighted by Crippen LogP contribution is -2.67. The Kier molecular flexibility index (Phi) is 19.5. The van der Waals surface area contributed by atoms with Gasteiger partial charge in [0.1, 0.15) is 37.0 Å². The fourth-order valence-corrected chi connectivity index (χ4v) is 9.82. The number of esters is 7. The summed E-state index contributed by atoms with van der Waals surface area (Å²) in [6.45, 7) is 0.518. The first kappa shape index (κ1) is 56.8. The topological polar surface area (TPSA) is 212 Å². The summed E-state index contributed by atoms with van der Waals surface area (Å²) < 4.78 is 64.0. The van der Waals surface area contributed by atoms with Gasteiger partial charge in [-0.3, -0.25) is 0 Å². The van der Waals surface area contributed by atoms with Crippen LogP contribution in [-0.2, 0) is 47.4 Å². The highest BCUT2D eigenvalue weighted by atomic mass is 32.2. The molecule has 2 fully saturated rings. The molecule has 17 nitrogen and oxygen atoms in total. The van der Waals surface area contributed by atoms with E-state index >= 15 is 0 Å². The van der Waals surface area contributed by atoms with Crippen LogP contribution in [0.25, 0.3) is 0 Å². The Balaban J connectivity index is 1.20. The molecule has 0 N–H and O–H groups in total. The van der Waals surface area contributed by atoms with Crippen LogP contribution in [0, 0.1) is 0 Å². The Morgan fingerprint density at radius 1 is 0.333 bits per heavy atom. The number of rotatable bonds is 20. The highest BCUT2D eigenvalue weighted by Crippen LogP contribution is 2.39. The monoisotopic (exact) mass is 1110 g/mol. The summed E-state index contributed by atoms with van der Waals surface area (Å²) in [4.78, 5) is 99.7. The van der Waals surface area contributed by atoms with E-state index in [1.54, 1.807) is 140 Å². The van der Waals surface area contributed by atoms with Crippen LogP contribution in [0.15, 0.2) is 212 Å². The van der Waals surface area contributed by atoms with Crippen LogP contribution in [0.4, 0.5) is 0 Å². The standard InChI is InChI=1S/C63H54O17S/c1-2-81-63-54(79-61(70)46-36-22-9-23-37-46)52(77-59(68)44-32-18-7-19-33-44)50(48(74-63)39-72-56(65)41-26-12-4-13-27-41)80-62-53(78-60(69)45-34-20-8-21-35-45)51(76-58(67)43-30-16-6-17-31-43)49(75-57(66)42-28-14-5-15-29-42)47(73-62)38-71-55(64)40-24-10-3-11-25-40/h3-37,47-54,62-63H,2,38-39H2,1H3/t47-,48-,49-,50-,51+,52+,53-,54-,62-,63+/m1/s1. The van der Waals surface area contributed by atoms with Gasteiger partial charge >= 0.3 is 41.8 Å². The number of carbonyl (C=O) groups is 7. The van der Waals surface area contributed by atoms with E-state index in [0.717, 1.165) is 0 Å². The lowest BCUT2D eigenvalue weighted by Gasteiger charge is -2.49. The van der Waals surface area contributed by atoms with Crippen LogP contribution in [-0.4, -0.2) is 121 Å². The second-order valence-corrected chi connectivity index (χ2v) is 19.6. The van der Waals surface area contributed by atoms with Crippen LogP contribution < -0.4 is 0 Å². The fraction of sp³-hybridized carbons (Fsp3) is 0.222. The van der Waals surface area contributed by atoms with Crippen molar-refractivity contribution in [2.45, 2.75) is 67.5 Å². The molecule has 0 bridgehead atoms. The molecule has 18 heteroatoms. The first-order chi connectivity index (χ1) is 39.5. The molecule has 0 radical (unpaired) electrons. The smallest absolute Gasteiger partial charge is 0.338 e. The van der Waals surface area contributed by atoms with E-state index in [1.807, 2.05) is 6.92 Å². The number of hydrogen-bond acceptors (Lipinski definition) is 18. The molecule has 9 rings (SSSR count). The number of ether oxygens (including phenoxy) is 10. The van der Waals surface area contributed by atoms with Gasteiger partial charge in [0.2, 0.25) is 0 Å². The van der Waals surface area contributed by atoms with Crippen molar-refractivity contribution in [3.8, 4) is 0 Å². The van der Waals surface area contributed by atoms with Crippen molar-refractivity contribution in [3.63, 3.8) is 0 Å². The zero-order valence-corrected chi connectivity index (χ0v) is 44.3. The Hall–Kier alpha value is -8.94. The second-order valence-electron chi connectivity index (χ2n) is 18.3. The van der Waals surface area contributed by atoms with Gasteiger partial charge in [-0.15, -0.1) is 11.8 Å². The maximum Gasteiger partial charge on any atom is 0.338 e. The molecule has 0 spiro atoms. The van der Waals surface area contributed by atoms with E-state index in [9.17, 15) is 33.6 Å². The van der Waals surface area contributed by atoms with E-state index in [2.05, 4.69) is 0 Å². The van der Waals surface area contributed by atoms with Crippen LogP contribution in [0.2, 0.25) is 0 Å². The minimum Gasteiger partial charge on any atom is -0.459 e. The van der Waals surface area contributed by atoms with E-state index in [4.69, 9.17) is 47.4 Å². The first-order valence-corrected chi connectivity index (χ1v) is 26.9. The van der Waals surface area contributed by atoms with Gasteiger partial charge in [-0.05, 0) is 90.7 Å². The van der Waals surface area contributed by atoms with E-state index < -0.39 is 116 Å². The molecule has 2 aliphatic rings. The predicted octanol–water partition coefficient (Wildman–Crippen LogP) is 9.42. The number of hydrogen-bond donors (Lipinski definition) is 0. The quantitative estimate of drug-likeness (QED) is 0.0514. The third-order valence-corrected chi connectivity index (χ3v) is 13.9. The molecule has 0 amide bonds. The van der Waals surface area contributed by atoms with Gasteiger partial charge < -0.3 is 47.4 Å². The van der Waals surface area contributed by atoms with Gasteiger partial charge in [0, 0.05) is 0 Å². The number of benzene rings is 7. The molecular formula is C63H54O17S. The van der Waals surface area contributed by atoms with Crippen molar-refractivity contribution < 1.29 is 80.9 Å². The molecule has 7 aromatic rings. The molecular weight excluding hydrogens is 1060 g/mol. The van der Waals surface area contributed by atoms with Crippen molar-refractivity contribution >= 4 is 53.5 Å². The maximum absolute atomic E-state index is 14.6. The zero-order chi connectivity index (χ0) is 56.5. The van der Waals surface area contributed by atoms with Gasteiger partial charge in [0.05, 0.1) is 38.9 Å². The average Bonchev–Trinajstić information content (AvgIpc) is 3.71. The summed E-state index contributed by atoms with van der Waals surface area (Å²) in [5.74, 6) is -5.86. The SMILES string of the molecule is CCS[C@@H]1O[C@H](COC(=O)c2ccccc2)[C@@H](O[C@H]2O[C@H](COC(=O)c3ccccc3)[C@@H](OC(=O)c3ccccc3)[C@H](OC(=O)c3ccccc3)[C@H]2OC(=O)c2ccccc2)[C@H](OC(=O)c2ccccc2)[C@H]1OC(=O)c1ccccc1. The maximum atomic E-state index is 14.6. The third-order valence-electron chi connectivity index (χ3n) is 12.8. The number of carbonyl (C=O) groups excluding carboxylic acids is 7. The Bertz CT molecular complexity index is 3210. The van der Waals surface area contributed by atoms with Gasteiger partial charge in [0.25, 0.3) is 0 Å². The molecule has 10 atom stereocenters. The second kappa shape index (κ2) is 27.8. The molecule has 0 aromatic heterocycles.